The average Bonchev–Trinajstić information content (AvgIpc) is 3.51. The Morgan fingerprint density at radius 2 is 1.89 bits per heavy atom. The number of nitrogens with one attached hydrogen (secondary N) is 1. The van der Waals surface area contributed by atoms with Gasteiger partial charge in [0.2, 0.25) is 0 Å². The Hall–Kier alpha value is -3.21. The summed E-state index contributed by atoms with van der Waals surface area (Å²) >= 11 is 2.86. The van der Waals surface area contributed by atoms with Gasteiger partial charge in [0.25, 0.3) is 11.8 Å². The van der Waals surface area contributed by atoms with E-state index in [-0.39, 0.29) is 35.8 Å². The van der Waals surface area contributed by atoms with Crippen molar-refractivity contribution in [3.63, 3.8) is 0 Å². The number of aliphatic hydroxyl groups excluding tert-OH is 1. The minimum Gasteiger partial charge on any atom is -0.508 e. The maximum Gasteiger partial charge on any atom is 0.254 e. The van der Waals surface area contributed by atoms with E-state index in [1.54, 1.807) is 30.6 Å². The van der Waals surface area contributed by atoms with E-state index in [9.17, 15) is 24.6 Å². The summed E-state index contributed by atoms with van der Waals surface area (Å²) < 4.78 is -0.555. The van der Waals surface area contributed by atoms with Crippen LogP contribution in [0.4, 0.5) is 0 Å². The highest BCUT2D eigenvalue weighted by molar-refractivity contribution is 8.00. The summed E-state index contributed by atoms with van der Waals surface area (Å²) in [5.41, 5.74) is 1.47. The number of carbonyl (C=O) groups is 3. The Labute approximate surface area is 230 Å². The number of thiazole rings is 1. The summed E-state index contributed by atoms with van der Waals surface area (Å²) in [5.74, 6) is -1.05. The van der Waals surface area contributed by atoms with Gasteiger partial charge < -0.3 is 20.4 Å². The number of carbonyl (C=O) groups excluding carboxylic acids is 3. The molecule has 0 saturated carbocycles. The van der Waals surface area contributed by atoms with Gasteiger partial charge in [0.05, 0.1) is 23.3 Å². The van der Waals surface area contributed by atoms with Crippen molar-refractivity contribution in [3.05, 3.63) is 81.8 Å². The predicted molar refractivity (Wildman–Crippen MR) is 148 cm³/mol. The summed E-state index contributed by atoms with van der Waals surface area (Å²) in [6.07, 6.45) is 0.341. The molecule has 1 aliphatic rings. The summed E-state index contributed by atoms with van der Waals surface area (Å²) in [5, 5.41) is 26.7. The summed E-state index contributed by atoms with van der Waals surface area (Å²) in [6.45, 7) is 5.45. The number of aromatic nitrogens is 1. The fraction of sp³-hybridized carbons (Fsp3) is 0.357. The number of benzene rings is 2. The van der Waals surface area contributed by atoms with Gasteiger partial charge in [0.1, 0.15) is 11.8 Å². The van der Waals surface area contributed by atoms with Crippen LogP contribution in [-0.4, -0.2) is 66.5 Å². The Bertz CT molecular complexity index is 1300. The first-order valence-corrected chi connectivity index (χ1v) is 14.1. The second kappa shape index (κ2) is 11.7. The number of hydrogen-bond acceptors (Lipinski definition) is 8. The second-order valence-corrected chi connectivity index (χ2v) is 12.4. The number of phenolic OH excluding ortho intramolecular Hbond substituents is 1. The molecule has 0 radical (unpaired) electrons. The lowest BCUT2D eigenvalue weighted by Gasteiger charge is -2.33. The number of aromatic hydroxyl groups is 1. The number of phenols is 1. The molecule has 4 rings (SSSR count). The topological polar surface area (TPSA) is 120 Å². The average molecular weight is 554 g/mol. The Morgan fingerprint density at radius 1 is 1.16 bits per heavy atom. The Kier molecular flexibility index (Phi) is 8.54. The lowest BCUT2D eigenvalue weighted by atomic mass is 9.94. The zero-order valence-electron chi connectivity index (χ0n) is 21.5. The normalized spacial score (nSPS) is 18.1. The van der Waals surface area contributed by atoms with Crippen LogP contribution >= 0.6 is 23.1 Å². The maximum absolute atomic E-state index is 13.7. The van der Waals surface area contributed by atoms with Crippen molar-refractivity contribution in [1.82, 2.24) is 15.2 Å². The van der Waals surface area contributed by atoms with Crippen LogP contribution in [0.15, 0.2) is 60.1 Å². The molecule has 3 aromatic rings. The van der Waals surface area contributed by atoms with Gasteiger partial charge in [-0.3, -0.25) is 14.4 Å². The quantitative estimate of drug-likeness (QED) is 0.372. The molecule has 3 atom stereocenters. The van der Waals surface area contributed by atoms with E-state index in [0.29, 0.717) is 10.6 Å². The molecule has 0 unspecified atom stereocenters. The first-order chi connectivity index (χ1) is 18.1. The van der Waals surface area contributed by atoms with Gasteiger partial charge in [-0.1, -0.05) is 36.4 Å². The molecule has 38 heavy (non-hydrogen) atoms. The van der Waals surface area contributed by atoms with Crippen LogP contribution in [0.2, 0.25) is 0 Å². The van der Waals surface area contributed by atoms with Crippen molar-refractivity contribution in [2.24, 2.45) is 0 Å². The van der Waals surface area contributed by atoms with Gasteiger partial charge in [-0.05, 0) is 44.9 Å². The number of ketones is 1. The summed E-state index contributed by atoms with van der Waals surface area (Å²) in [7, 11) is 0. The third kappa shape index (κ3) is 6.09. The van der Waals surface area contributed by atoms with E-state index in [0.717, 1.165) is 5.56 Å². The molecule has 0 bridgehead atoms. The summed E-state index contributed by atoms with van der Waals surface area (Å²) in [6, 6.07) is 12.2. The molecular formula is C28H31N3O5S2. The van der Waals surface area contributed by atoms with Gasteiger partial charge >= 0.3 is 0 Å². The Morgan fingerprint density at radius 3 is 2.58 bits per heavy atom. The van der Waals surface area contributed by atoms with Crippen molar-refractivity contribution in [3.8, 4) is 5.75 Å². The number of nitrogens with zero attached hydrogens (tertiary/aromatic N) is 2. The third-order valence-corrected chi connectivity index (χ3v) is 8.90. The predicted octanol–water partition coefficient (Wildman–Crippen LogP) is 3.35. The van der Waals surface area contributed by atoms with E-state index in [1.807, 2.05) is 44.2 Å². The number of thioether (sulfide) groups is 1. The van der Waals surface area contributed by atoms with E-state index in [1.165, 1.54) is 34.1 Å². The molecule has 1 aliphatic heterocycles. The van der Waals surface area contributed by atoms with Crippen LogP contribution in [0, 0.1) is 6.92 Å². The molecule has 2 aromatic carbocycles. The lowest BCUT2D eigenvalue weighted by molar-refractivity contribution is -0.146. The number of aliphatic hydroxyl groups is 1. The first-order valence-electron chi connectivity index (χ1n) is 12.3. The first kappa shape index (κ1) is 27.8. The minimum absolute atomic E-state index is 0.0215. The smallest absolute Gasteiger partial charge is 0.254 e. The number of amides is 2. The molecule has 0 spiro atoms. The minimum atomic E-state index is -1.60. The molecule has 3 N–H and O–H groups in total. The molecule has 8 nitrogen and oxygen atoms in total. The zero-order valence-corrected chi connectivity index (χ0v) is 23.1. The molecule has 2 heterocycles. The second-order valence-electron chi connectivity index (χ2n) is 9.82. The molecule has 2 amide bonds. The Balaban J connectivity index is 1.59. The lowest BCUT2D eigenvalue weighted by Crippen LogP contribution is -2.57. The monoisotopic (exact) mass is 553 g/mol. The third-order valence-electron chi connectivity index (χ3n) is 6.74. The van der Waals surface area contributed by atoms with Crippen molar-refractivity contribution >= 4 is 40.7 Å². The highest BCUT2D eigenvalue weighted by Gasteiger charge is 2.49. The SMILES string of the molecule is Cc1c(O)cccc1C(=O)N[C@@H](Cc1ccccc1)[C@H](O)C(=O)N1CSC(C)(C)[C@@H]1C(=O)Cc1nccs1. The molecule has 10 heteroatoms. The summed E-state index contributed by atoms with van der Waals surface area (Å²) in [4.78, 5) is 45.9. The van der Waals surface area contributed by atoms with Crippen molar-refractivity contribution < 1.29 is 24.6 Å². The molecule has 1 fully saturated rings. The highest BCUT2D eigenvalue weighted by atomic mass is 32.2. The van der Waals surface area contributed by atoms with Crippen LogP contribution in [0.25, 0.3) is 0 Å². The van der Waals surface area contributed by atoms with E-state index in [4.69, 9.17) is 0 Å². The van der Waals surface area contributed by atoms with E-state index < -0.39 is 34.7 Å². The van der Waals surface area contributed by atoms with Crippen LogP contribution in [0.5, 0.6) is 5.75 Å². The van der Waals surface area contributed by atoms with Crippen LogP contribution < -0.4 is 5.32 Å². The molecule has 0 aliphatic carbocycles. The maximum atomic E-state index is 13.7. The van der Waals surface area contributed by atoms with Gasteiger partial charge in [-0.15, -0.1) is 23.1 Å². The van der Waals surface area contributed by atoms with Crippen LogP contribution in [0.1, 0.15) is 40.3 Å². The number of hydrogen-bond donors (Lipinski definition) is 3. The fourth-order valence-corrected chi connectivity index (χ4v) is 6.46. The van der Waals surface area contributed by atoms with E-state index >= 15 is 0 Å². The molecule has 200 valence electrons. The van der Waals surface area contributed by atoms with Gasteiger partial charge in [-0.25, -0.2) is 4.98 Å². The fourth-order valence-electron chi connectivity index (χ4n) is 4.67. The van der Waals surface area contributed by atoms with E-state index in [2.05, 4.69) is 10.3 Å². The van der Waals surface area contributed by atoms with Crippen LogP contribution in [-0.2, 0) is 22.4 Å². The van der Waals surface area contributed by atoms with Crippen molar-refractivity contribution in [2.45, 2.75) is 56.5 Å². The van der Waals surface area contributed by atoms with Crippen molar-refractivity contribution in [1.29, 1.82) is 0 Å². The van der Waals surface area contributed by atoms with Gasteiger partial charge in [0, 0.05) is 27.5 Å². The van der Waals surface area contributed by atoms with Crippen molar-refractivity contribution in [2.75, 3.05) is 5.88 Å². The van der Waals surface area contributed by atoms with Gasteiger partial charge in [0.15, 0.2) is 11.9 Å². The standard InChI is InChI=1S/C28H31N3O5S2/c1-17-19(10-7-11-21(17)32)26(35)30-20(14-18-8-5-4-6-9-18)24(34)27(36)31-16-38-28(2,3)25(31)22(33)15-23-29-12-13-37-23/h4-13,20,24-25,32,34H,14-16H2,1-3H3,(H,30,35)/t20-,24-,25-/m0/s1. The molecule has 1 saturated heterocycles. The molecule has 1 aromatic heterocycles. The highest BCUT2D eigenvalue weighted by Crippen LogP contribution is 2.40. The zero-order chi connectivity index (χ0) is 27.4. The van der Waals surface area contributed by atoms with Crippen LogP contribution in [0.3, 0.4) is 0 Å². The van der Waals surface area contributed by atoms with Gasteiger partial charge in [-0.2, -0.15) is 0 Å². The number of rotatable bonds is 9. The molecular weight excluding hydrogens is 522 g/mol. The largest absolute Gasteiger partial charge is 0.508 e. The number of Topliss-reactive ketones (excluding diaryl/α,β-unsaturated/α-hetero) is 1.